The van der Waals surface area contributed by atoms with E-state index in [9.17, 15) is 0 Å². The van der Waals surface area contributed by atoms with Gasteiger partial charge in [0.1, 0.15) is 0 Å². The second-order valence-corrected chi connectivity index (χ2v) is 10.9. The van der Waals surface area contributed by atoms with Gasteiger partial charge >= 0.3 is 0 Å². The minimum atomic E-state index is -0.328. The molecule has 0 fully saturated rings. The van der Waals surface area contributed by atoms with E-state index in [-0.39, 0.29) is 5.60 Å². The maximum absolute atomic E-state index is 5.95. The smallest absolute Gasteiger partial charge is 0.0871 e. The van der Waals surface area contributed by atoms with Gasteiger partial charge in [-0.05, 0) is 81.7 Å². The predicted molar refractivity (Wildman–Crippen MR) is 152 cm³/mol. The van der Waals surface area contributed by atoms with Crippen LogP contribution < -0.4 is 0 Å². The first kappa shape index (κ1) is 27.6. The van der Waals surface area contributed by atoms with E-state index >= 15 is 0 Å². The first-order valence-electron chi connectivity index (χ1n) is 13.9. The summed E-state index contributed by atoms with van der Waals surface area (Å²) in [4.78, 5) is 2.61. The molecule has 1 aromatic heterocycles. The summed E-state index contributed by atoms with van der Waals surface area (Å²) in [6.07, 6.45) is 2.89. The lowest BCUT2D eigenvalue weighted by atomic mass is 9.93. The number of nitrogens with zero attached hydrogens (tertiary/aromatic N) is 3. The van der Waals surface area contributed by atoms with Crippen molar-refractivity contribution in [2.45, 2.75) is 92.5 Å². The molecule has 3 aromatic rings. The number of aromatic nitrogens is 2. The van der Waals surface area contributed by atoms with Crippen molar-refractivity contribution in [3.8, 4) is 5.69 Å². The fraction of sp³-hybridized carbons (Fsp3) is 0.531. The van der Waals surface area contributed by atoms with Crippen molar-refractivity contribution >= 4 is 0 Å². The molecule has 4 rings (SSSR count). The molecule has 0 N–H and O–H groups in total. The number of aryl methyl sites for hydroxylation is 3. The zero-order valence-electron chi connectivity index (χ0n) is 24.1. The molecule has 2 aromatic carbocycles. The largest absolute Gasteiger partial charge is 0.380 e. The van der Waals surface area contributed by atoms with Crippen LogP contribution in [0.2, 0.25) is 0 Å². The van der Waals surface area contributed by atoms with Crippen LogP contribution in [0.5, 0.6) is 0 Å². The van der Waals surface area contributed by atoms with E-state index in [4.69, 9.17) is 14.6 Å². The van der Waals surface area contributed by atoms with Crippen molar-refractivity contribution in [2.24, 2.45) is 0 Å². The van der Waals surface area contributed by atoms with Gasteiger partial charge in [-0.2, -0.15) is 5.10 Å². The lowest BCUT2D eigenvalue weighted by Crippen LogP contribution is -2.43. The van der Waals surface area contributed by atoms with Crippen LogP contribution in [0.25, 0.3) is 5.69 Å². The summed E-state index contributed by atoms with van der Waals surface area (Å²) < 4.78 is 14.0. The number of hydrogen-bond donors (Lipinski definition) is 0. The number of rotatable bonds is 10. The quantitative estimate of drug-likeness (QED) is 0.318. The minimum Gasteiger partial charge on any atom is -0.380 e. The van der Waals surface area contributed by atoms with E-state index in [1.807, 2.05) is 0 Å². The highest BCUT2D eigenvalue weighted by molar-refractivity contribution is 5.52. The lowest BCUT2D eigenvalue weighted by molar-refractivity contribution is 0.0191. The second-order valence-electron chi connectivity index (χ2n) is 10.9. The van der Waals surface area contributed by atoms with E-state index in [0.717, 1.165) is 45.6 Å². The van der Waals surface area contributed by atoms with Crippen molar-refractivity contribution in [3.05, 3.63) is 81.2 Å². The molecule has 0 radical (unpaired) electrons. The van der Waals surface area contributed by atoms with Crippen molar-refractivity contribution in [2.75, 3.05) is 20.3 Å². The summed E-state index contributed by atoms with van der Waals surface area (Å²) in [6.45, 7) is 18.6. The van der Waals surface area contributed by atoms with Gasteiger partial charge in [-0.15, -0.1) is 0 Å². The molecule has 1 aliphatic heterocycles. The Bertz CT molecular complexity index is 1200. The molecule has 5 nitrogen and oxygen atoms in total. The molecule has 0 unspecified atom stereocenters. The van der Waals surface area contributed by atoms with Gasteiger partial charge in [0.25, 0.3) is 0 Å². The third-order valence-electron chi connectivity index (χ3n) is 8.09. The van der Waals surface area contributed by atoms with Gasteiger partial charge in [0.2, 0.25) is 0 Å². The van der Waals surface area contributed by atoms with Crippen LogP contribution in [0.4, 0.5) is 0 Å². The van der Waals surface area contributed by atoms with Crippen LogP contribution in [0, 0.1) is 13.8 Å². The lowest BCUT2D eigenvalue weighted by Gasteiger charge is -2.37. The first-order valence-corrected chi connectivity index (χ1v) is 13.9. The highest BCUT2D eigenvalue weighted by atomic mass is 16.5. The summed E-state index contributed by atoms with van der Waals surface area (Å²) >= 11 is 0. The highest BCUT2D eigenvalue weighted by Gasteiger charge is 2.29. The van der Waals surface area contributed by atoms with E-state index in [1.165, 1.54) is 50.5 Å². The maximum Gasteiger partial charge on any atom is 0.0871 e. The molecule has 2 heterocycles. The normalized spacial score (nSPS) is 16.3. The average molecular weight is 504 g/mol. The summed E-state index contributed by atoms with van der Waals surface area (Å²) in [5.74, 6) is 0. The van der Waals surface area contributed by atoms with Gasteiger partial charge in [0.05, 0.1) is 23.6 Å². The Morgan fingerprint density at radius 1 is 1.00 bits per heavy atom. The van der Waals surface area contributed by atoms with Crippen molar-refractivity contribution in [3.63, 3.8) is 0 Å². The van der Waals surface area contributed by atoms with Crippen LogP contribution >= 0.6 is 0 Å². The van der Waals surface area contributed by atoms with Gasteiger partial charge in [-0.3, -0.25) is 4.90 Å². The molecule has 1 aliphatic rings. The minimum absolute atomic E-state index is 0.328. The molecule has 5 heteroatoms. The number of fused-ring (bicyclic) bond motifs is 1. The van der Waals surface area contributed by atoms with E-state index < -0.39 is 0 Å². The standard InChI is InChI=1S/C32H45N3O2/c1-9-29-28(20-34-19-25-15-13-12-14-24(25)18-27(34)21-37-11-3)30(10-2)35(33-29)31-22(4)16-26(17-23(31)5)32(6,7)36-8/h12-17,27H,9-11,18-21H2,1-8H3/t27-/m1/s1. The summed E-state index contributed by atoms with van der Waals surface area (Å²) in [5, 5.41) is 5.23. The fourth-order valence-corrected chi connectivity index (χ4v) is 5.75. The van der Waals surface area contributed by atoms with Crippen molar-refractivity contribution in [1.29, 1.82) is 0 Å². The maximum atomic E-state index is 5.95. The highest BCUT2D eigenvalue weighted by Crippen LogP contribution is 2.33. The van der Waals surface area contributed by atoms with Gasteiger partial charge in [-0.25, -0.2) is 4.68 Å². The van der Waals surface area contributed by atoms with Crippen molar-refractivity contribution < 1.29 is 9.47 Å². The van der Waals surface area contributed by atoms with Gasteiger partial charge in [0, 0.05) is 44.1 Å². The first-order chi connectivity index (χ1) is 17.7. The molecule has 1 atom stereocenters. The number of methoxy groups -OCH3 is 1. The van der Waals surface area contributed by atoms with Crippen LogP contribution in [0.15, 0.2) is 36.4 Å². The van der Waals surface area contributed by atoms with Gasteiger partial charge in [-0.1, -0.05) is 50.2 Å². The molecule has 0 spiro atoms. The van der Waals surface area contributed by atoms with Gasteiger partial charge < -0.3 is 9.47 Å². The molecule has 200 valence electrons. The molecule has 37 heavy (non-hydrogen) atoms. The Kier molecular flexibility index (Phi) is 8.57. The van der Waals surface area contributed by atoms with Gasteiger partial charge in [0.15, 0.2) is 0 Å². The van der Waals surface area contributed by atoms with Crippen molar-refractivity contribution in [1.82, 2.24) is 14.7 Å². The second kappa shape index (κ2) is 11.5. The Labute approximate surface area is 223 Å². The average Bonchev–Trinajstić information content (AvgIpc) is 3.23. The zero-order chi connectivity index (χ0) is 26.7. The zero-order valence-corrected chi connectivity index (χ0v) is 24.1. The summed E-state index contributed by atoms with van der Waals surface area (Å²) in [5.41, 5.74) is 11.3. The predicted octanol–water partition coefficient (Wildman–Crippen LogP) is 6.46. The SMILES string of the molecule is CCOC[C@H]1Cc2ccccc2CN1Cc1c(CC)nn(-c2c(C)cc(C(C)(C)OC)cc2C)c1CC. The van der Waals surface area contributed by atoms with Crippen LogP contribution in [-0.2, 0) is 47.4 Å². The Hall–Kier alpha value is -2.47. The molecule has 0 saturated heterocycles. The summed E-state index contributed by atoms with van der Waals surface area (Å²) in [7, 11) is 1.78. The molecular formula is C32H45N3O2. The van der Waals surface area contributed by atoms with Crippen LogP contribution in [-0.4, -0.2) is 41.0 Å². The van der Waals surface area contributed by atoms with Crippen LogP contribution in [0.1, 0.15) is 79.4 Å². The Morgan fingerprint density at radius 2 is 1.68 bits per heavy atom. The number of hydrogen-bond acceptors (Lipinski definition) is 4. The molecular weight excluding hydrogens is 458 g/mol. The third kappa shape index (κ3) is 5.55. The Balaban J connectivity index is 1.75. The topological polar surface area (TPSA) is 39.5 Å². The molecule has 0 aliphatic carbocycles. The fourth-order valence-electron chi connectivity index (χ4n) is 5.75. The molecule has 0 saturated carbocycles. The summed E-state index contributed by atoms with van der Waals surface area (Å²) in [6, 6.07) is 13.8. The van der Waals surface area contributed by atoms with E-state index in [0.29, 0.717) is 6.04 Å². The van der Waals surface area contributed by atoms with E-state index in [2.05, 4.69) is 94.4 Å². The Morgan fingerprint density at radius 3 is 2.27 bits per heavy atom. The molecule has 0 amide bonds. The van der Waals surface area contributed by atoms with E-state index in [1.54, 1.807) is 7.11 Å². The molecule has 0 bridgehead atoms. The number of ether oxygens (including phenoxy) is 2. The monoisotopic (exact) mass is 503 g/mol. The van der Waals surface area contributed by atoms with Crippen LogP contribution in [0.3, 0.4) is 0 Å². The third-order valence-corrected chi connectivity index (χ3v) is 8.09. The number of benzene rings is 2.